The highest BCUT2D eigenvalue weighted by atomic mass is 16.5. The van der Waals surface area contributed by atoms with E-state index in [1.807, 2.05) is 0 Å². The zero-order valence-electron chi connectivity index (χ0n) is 10.6. The molecule has 0 aliphatic heterocycles. The molecule has 0 bridgehead atoms. The summed E-state index contributed by atoms with van der Waals surface area (Å²) in [5, 5.41) is 3.57. The fourth-order valence-corrected chi connectivity index (χ4v) is 2.38. The van der Waals surface area contributed by atoms with E-state index in [-0.39, 0.29) is 0 Å². The van der Waals surface area contributed by atoms with Crippen LogP contribution in [0.2, 0.25) is 0 Å². The summed E-state index contributed by atoms with van der Waals surface area (Å²) in [6.45, 7) is 8.56. The maximum Gasteiger partial charge on any atom is 0.0594 e. The summed E-state index contributed by atoms with van der Waals surface area (Å²) in [5.74, 6) is 0.739. The average Bonchev–Trinajstić information content (AvgIpc) is 2.63. The van der Waals surface area contributed by atoms with Crippen molar-refractivity contribution in [1.82, 2.24) is 5.32 Å². The van der Waals surface area contributed by atoms with Crippen LogP contribution in [0.4, 0.5) is 0 Å². The third kappa shape index (κ3) is 6.16. The Morgan fingerprint density at radius 1 is 1.20 bits per heavy atom. The van der Waals surface area contributed by atoms with Crippen LogP contribution in [0.25, 0.3) is 0 Å². The smallest absolute Gasteiger partial charge is 0.0594 e. The quantitative estimate of drug-likeness (QED) is 0.656. The van der Waals surface area contributed by atoms with Gasteiger partial charge in [-0.1, -0.05) is 26.7 Å². The van der Waals surface area contributed by atoms with Gasteiger partial charge in [-0.05, 0) is 32.1 Å². The molecule has 90 valence electrons. The Labute approximate surface area is 94.8 Å². The summed E-state index contributed by atoms with van der Waals surface area (Å²) < 4.78 is 5.75. The van der Waals surface area contributed by atoms with Crippen molar-refractivity contribution in [2.75, 3.05) is 13.2 Å². The predicted molar refractivity (Wildman–Crippen MR) is 65.1 cm³/mol. The standard InChI is InChI=1S/C13H27NO/c1-11(2)10-12(3)15-9-8-14-13-6-4-5-7-13/h11-14H,4-10H2,1-3H3. The van der Waals surface area contributed by atoms with Crippen molar-refractivity contribution in [1.29, 1.82) is 0 Å². The minimum absolute atomic E-state index is 0.412. The summed E-state index contributed by atoms with van der Waals surface area (Å²) >= 11 is 0. The molecular formula is C13H27NO. The molecule has 15 heavy (non-hydrogen) atoms. The third-order valence-corrected chi connectivity index (χ3v) is 3.10. The first-order valence-corrected chi connectivity index (χ1v) is 6.53. The Bertz CT molecular complexity index is 153. The van der Waals surface area contributed by atoms with Gasteiger partial charge < -0.3 is 10.1 Å². The van der Waals surface area contributed by atoms with Gasteiger partial charge in [0.1, 0.15) is 0 Å². The van der Waals surface area contributed by atoms with E-state index in [4.69, 9.17) is 4.74 Å². The maximum absolute atomic E-state index is 5.75. The zero-order chi connectivity index (χ0) is 11.1. The fraction of sp³-hybridized carbons (Fsp3) is 1.00. The molecule has 1 N–H and O–H groups in total. The normalized spacial score (nSPS) is 20.0. The summed E-state index contributed by atoms with van der Waals surface area (Å²) in [4.78, 5) is 0. The SMILES string of the molecule is CC(C)CC(C)OCCNC1CCCC1. The minimum Gasteiger partial charge on any atom is -0.377 e. The molecule has 1 fully saturated rings. The summed E-state index contributed by atoms with van der Waals surface area (Å²) in [5.41, 5.74) is 0. The Morgan fingerprint density at radius 3 is 2.47 bits per heavy atom. The molecule has 1 aliphatic rings. The van der Waals surface area contributed by atoms with Crippen LogP contribution in [0.3, 0.4) is 0 Å². The summed E-state index contributed by atoms with van der Waals surface area (Å²) in [7, 11) is 0. The van der Waals surface area contributed by atoms with E-state index < -0.39 is 0 Å². The zero-order valence-corrected chi connectivity index (χ0v) is 10.6. The number of ether oxygens (including phenoxy) is 1. The van der Waals surface area contributed by atoms with E-state index in [2.05, 4.69) is 26.1 Å². The molecular weight excluding hydrogens is 186 g/mol. The molecule has 0 amide bonds. The molecule has 0 aromatic heterocycles. The molecule has 1 atom stereocenters. The first kappa shape index (κ1) is 13.0. The van der Waals surface area contributed by atoms with Crippen LogP contribution in [-0.4, -0.2) is 25.3 Å². The molecule has 1 rings (SSSR count). The summed E-state index contributed by atoms with van der Waals surface area (Å²) in [6.07, 6.45) is 7.12. The second-order valence-electron chi connectivity index (χ2n) is 5.25. The van der Waals surface area contributed by atoms with Crippen LogP contribution in [0.5, 0.6) is 0 Å². The van der Waals surface area contributed by atoms with Crippen LogP contribution < -0.4 is 5.32 Å². The molecule has 0 radical (unpaired) electrons. The Balaban J connectivity index is 1.91. The van der Waals surface area contributed by atoms with Crippen LogP contribution in [0.15, 0.2) is 0 Å². The summed E-state index contributed by atoms with van der Waals surface area (Å²) in [6, 6.07) is 0.772. The van der Waals surface area contributed by atoms with Gasteiger partial charge in [-0.2, -0.15) is 0 Å². The van der Waals surface area contributed by atoms with Crippen LogP contribution in [0.1, 0.15) is 52.9 Å². The molecule has 1 unspecified atom stereocenters. The van der Waals surface area contributed by atoms with Gasteiger partial charge in [-0.25, -0.2) is 0 Å². The highest BCUT2D eigenvalue weighted by Crippen LogP contribution is 2.17. The van der Waals surface area contributed by atoms with E-state index in [1.54, 1.807) is 0 Å². The van der Waals surface area contributed by atoms with Gasteiger partial charge in [-0.15, -0.1) is 0 Å². The number of hydrogen-bond acceptors (Lipinski definition) is 2. The Hall–Kier alpha value is -0.0800. The van der Waals surface area contributed by atoms with Crippen LogP contribution >= 0.6 is 0 Å². The van der Waals surface area contributed by atoms with Gasteiger partial charge >= 0.3 is 0 Å². The molecule has 2 nitrogen and oxygen atoms in total. The molecule has 2 heteroatoms. The van der Waals surface area contributed by atoms with Gasteiger partial charge in [0.15, 0.2) is 0 Å². The lowest BCUT2D eigenvalue weighted by molar-refractivity contribution is 0.0528. The van der Waals surface area contributed by atoms with E-state index in [0.29, 0.717) is 6.10 Å². The molecule has 0 aromatic carbocycles. The van der Waals surface area contributed by atoms with Gasteiger partial charge in [0.05, 0.1) is 12.7 Å². The van der Waals surface area contributed by atoms with Crippen molar-refractivity contribution in [2.45, 2.75) is 65.0 Å². The van der Waals surface area contributed by atoms with Gasteiger partial charge in [0.25, 0.3) is 0 Å². The lowest BCUT2D eigenvalue weighted by Gasteiger charge is -2.16. The Morgan fingerprint density at radius 2 is 1.87 bits per heavy atom. The van der Waals surface area contributed by atoms with Crippen LogP contribution in [0, 0.1) is 5.92 Å². The molecule has 1 aliphatic carbocycles. The van der Waals surface area contributed by atoms with Crippen molar-refractivity contribution >= 4 is 0 Å². The molecule has 0 spiro atoms. The van der Waals surface area contributed by atoms with Crippen molar-refractivity contribution < 1.29 is 4.74 Å². The highest BCUT2D eigenvalue weighted by Gasteiger charge is 2.13. The molecule has 0 aromatic rings. The number of hydrogen-bond donors (Lipinski definition) is 1. The van der Waals surface area contributed by atoms with Gasteiger partial charge in [-0.3, -0.25) is 0 Å². The number of rotatable bonds is 7. The number of nitrogens with one attached hydrogen (secondary N) is 1. The lowest BCUT2D eigenvalue weighted by atomic mass is 10.1. The molecule has 0 saturated heterocycles. The van der Waals surface area contributed by atoms with Gasteiger partial charge in [0, 0.05) is 12.6 Å². The lowest BCUT2D eigenvalue weighted by Crippen LogP contribution is -2.30. The van der Waals surface area contributed by atoms with Crippen LogP contribution in [-0.2, 0) is 4.74 Å². The van der Waals surface area contributed by atoms with Gasteiger partial charge in [0.2, 0.25) is 0 Å². The van der Waals surface area contributed by atoms with Crippen molar-refractivity contribution in [2.24, 2.45) is 5.92 Å². The fourth-order valence-electron chi connectivity index (χ4n) is 2.38. The second kappa shape index (κ2) is 7.24. The molecule has 1 saturated carbocycles. The van der Waals surface area contributed by atoms with E-state index in [1.165, 1.54) is 32.1 Å². The van der Waals surface area contributed by atoms with Crippen molar-refractivity contribution in [3.05, 3.63) is 0 Å². The largest absolute Gasteiger partial charge is 0.377 e. The maximum atomic E-state index is 5.75. The predicted octanol–water partition coefficient (Wildman–Crippen LogP) is 2.97. The Kier molecular flexibility index (Phi) is 6.26. The third-order valence-electron chi connectivity index (χ3n) is 3.10. The average molecular weight is 213 g/mol. The monoisotopic (exact) mass is 213 g/mol. The first-order valence-electron chi connectivity index (χ1n) is 6.53. The first-order chi connectivity index (χ1) is 7.18. The van der Waals surface area contributed by atoms with Crippen molar-refractivity contribution in [3.63, 3.8) is 0 Å². The highest BCUT2D eigenvalue weighted by molar-refractivity contribution is 4.73. The van der Waals surface area contributed by atoms with Crippen molar-refractivity contribution in [3.8, 4) is 0 Å². The van der Waals surface area contributed by atoms with E-state index >= 15 is 0 Å². The molecule has 0 heterocycles. The van der Waals surface area contributed by atoms with E-state index in [9.17, 15) is 0 Å². The topological polar surface area (TPSA) is 21.3 Å². The minimum atomic E-state index is 0.412. The van der Waals surface area contributed by atoms with E-state index in [0.717, 1.165) is 25.1 Å². The second-order valence-corrected chi connectivity index (χ2v) is 5.25.